The summed E-state index contributed by atoms with van der Waals surface area (Å²) in [5, 5.41) is 10.3. The van der Waals surface area contributed by atoms with E-state index in [1.807, 2.05) is 24.3 Å². The molecule has 0 spiro atoms. The zero-order valence-corrected chi connectivity index (χ0v) is 24.9. The van der Waals surface area contributed by atoms with Crippen LogP contribution in [-0.2, 0) is 4.57 Å². The lowest BCUT2D eigenvalue weighted by molar-refractivity contribution is 0.443. The summed E-state index contributed by atoms with van der Waals surface area (Å²) in [5.74, 6) is 1.98. The molecule has 1 aliphatic rings. The van der Waals surface area contributed by atoms with E-state index in [1.54, 1.807) is 0 Å². The summed E-state index contributed by atoms with van der Waals surface area (Å²) < 4.78 is 21.3. The SMILES string of the molecule is Cc1ccc(P(=O)(CNCCC2c3c(ccc4ccccc34)Oc3ccc4ccccc4c32)c2ccc(C)cc2)cc1. The van der Waals surface area contributed by atoms with Crippen molar-refractivity contribution in [1.29, 1.82) is 0 Å². The van der Waals surface area contributed by atoms with E-state index in [9.17, 15) is 4.57 Å². The summed E-state index contributed by atoms with van der Waals surface area (Å²) in [7, 11) is -2.88. The van der Waals surface area contributed by atoms with E-state index < -0.39 is 7.14 Å². The van der Waals surface area contributed by atoms with Crippen LogP contribution in [0.2, 0.25) is 0 Å². The monoisotopic (exact) mass is 567 g/mol. The topological polar surface area (TPSA) is 38.3 Å². The van der Waals surface area contributed by atoms with Gasteiger partial charge >= 0.3 is 0 Å². The second-order valence-electron chi connectivity index (χ2n) is 11.4. The summed E-state index contributed by atoms with van der Waals surface area (Å²) in [6, 6.07) is 42.0. The van der Waals surface area contributed by atoms with Crippen LogP contribution in [0.1, 0.15) is 34.6 Å². The van der Waals surface area contributed by atoms with Gasteiger partial charge in [-0.05, 0) is 60.5 Å². The molecule has 0 atom stereocenters. The normalized spacial score (nSPS) is 13.1. The number of rotatable bonds is 7. The van der Waals surface area contributed by atoms with Crippen LogP contribution in [0.15, 0.2) is 121 Å². The van der Waals surface area contributed by atoms with Crippen LogP contribution in [0.5, 0.6) is 11.5 Å². The molecule has 0 unspecified atom stereocenters. The van der Waals surface area contributed by atoms with E-state index in [4.69, 9.17) is 4.74 Å². The van der Waals surface area contributed by atoms with Crippen molar-refractivity contribution in [3.05, 3.63) is 144 Å². The smallest absolute Gasteiger partial charge is 0.156 e. The van der Waals surface area contributed by atoms with Gasteiger partial charge in [0.25, 0.3) is 0 Å². The van der Waals surface area contributed by atoms with Crippen molar-refractivity contribution >= 4 is 39.3 Å². The van der Waals surface area contributed by atoms with E-state index >= 15 is 0 Å². The fraction of sp³-hybridized carbons (Fsp3) is 0.158. The van der Waals surface area contributed by atoms with Crippen molar-refractivity contribution in [3.63, 3.8) is 0 Å². The van der Waals surface area contributed by atoms with Crippen molar-refractivity contribution in [2.45, 2.75) is 26.2 Å². The van der Waals surface area contributed by atoms with Gasteiger partial charge in [-0.1, -0.05) is 120 Å². The van der Waals surface area contributed by atoms with E-state index in [0.29, 0.717) is 6.29 Å². The van der Waals surface area contributed by atoms with Crippen LogP contribution in [0, 0.1) is 13.8 Å². The number of hydrogen-bond acceptors (Lipinski definition) is 3. The molecule has 0 amide bonds. The minimum absolute atomic E-state index is 0.131. The molecule has 1 aliphatic heterocycles. The molecule has 42 heavy (non-hydrogen) atoms. The van der Waals surface area contributed by atoms with Crippen molar-refractivity contribution < 1.29 is 9.30 Å². The molecule has 1 N–H and O–H groups in total. The van der Waals surface area contributed by atoms with Gasteiger partial charge in [0.1, 0.15) is 11.5 Å². The molecule has 0 aromatic heterocycles. The molecule has 1 heterocycles. The number of nitrogens with one attached hydrogen (secondary N) is 1. The molecule has 0 saturated carbocycles. The summed E-state index contributed by atoms with van der Waals surface area (Å²) >= 11 is 0. The second kappa shape index (κ2) is 10.9. The highest BCUT2D eigenvalue weighted by molar-refractivity contribution is 7.78. The predicted octanol–water partition coefficient (Wildman–Crippen LogP) is 8.80. The summed E-state index contributed by atoms with van der Waals surface area (Å²) in [5.41, 5.74) is 4.80. The third-order valence-corrected chi connectivity index (χ3v) is 11.6. The maximum atomic E-state index is 14.8. The largest absolute Gasteiger partial charge is 0.457 e. The Morgan fingerprint density at radius 2 is 1.10 bits per heavy atom. The van der Waals surface area contributed by atoms with Crippen molar-refractivity contribution in [2.24, 2.45) is 0 Å². The third kappa shape index (κ3) is 4.73. The first-order valence-electron chi connectivity index (χ1n) is 14.7. The number of aryl methyl sites for hydroxylation is 2. The molecule has 0 fully saturated rings. The minimum Gasteiger partial charge on any atom is -0.457 e. The van der Waals surface area contributed by atoms with Crippen LogP contribution in [0.3, 0.4) is 0 Å². The summed E-state index contributed by atoms with van der Waals surface area (Å²) in [6.45, 7) is 4.85. The first-order chi connectivity index (χ1) is 20.5. The molecule has 0 radical (unpaired) electrons. The highest BCUT2D eigenvalue weighted by Crippen LogP contribution is 2.51. The summed E-state index contributed by atoms with van der Waals surface area (Å²) in [6.07, 6.45) is 1.26. The standard InChI is InChI=1S/C38H34NO2P/c1-26-11-17-30(18-12-26)42(40,31-19-13-27(2)14-20-31)25-39-24-23-34-37-32-9-5-3-7-28(32)15-21-35(37)41-36-22-16-29-8-4-6-10-33(29)38(34)36/h3-22,34,39H,23-25H2,1-2H3. The van der Waals surface area contributed by atoms with Crippen molar-refractivity contribution in [3.8, 4) is 11.5 Å². The number of hydrogen-bond donors (Lipinski definition) is 1. The Hall–Kier alpha value is -4.17. The average molecular weight is 568 g/mol. The zero-order valence-electron chi connectivity index (χ0n) is 24.0. The fourth-order valence-corrected chi connectivity index (χ4v) is 8.78. The molecule has 6 aromatic carbocycles. The minimum atomic E-state index is -2.88. The molecule has 4 heteroatoms. The lowest BCUT2D eigenvalue weighted by atomic mass is 9.80. The van der Waals surface area contributed by atoms with E-state index in [1.165, 1.54) is 43.8 Å². The van der Waals surface area contributed by atoms with E-state index in [-0.39, 0.29) is 5.92 Å². The Morgan fingerprint density at radius 1 is 0.619 bits per heavy atom. The van der Waals surface area contributed by atoms with Gasteiger partial charge in [0, 0.05) is 27.7 Å². The lowest BCUT2D eigenvalue weighted by Crippen LogP contribution is -2.28. The quantitative estimate of drug-likeness (QED) is 0.155. The second-order valence-corrected chi connectivity index (χ2v) is 14.2. The van der Waals surface area contributed by atoms with Crippen molar-refractivity contribution in [1.82, 2.24) is 5.32 Å². The zero-order chi connectivity index (χ0) is 28.7. The Bertz CT molecular complexity index is 1830. The van der Waals surface area contributed by atoms with Crippen LogP contribution >= 0.6 is 7.14 Å². The Balaban J connectivity index is 1.24. The molecule has 208 valence electrons. The van der Waals surface area contributed by atoms with Gasteiger partial charge in [-0.3, -0.25) is 0 Å². The third-order valence-electron chi connectivity index (χ3n) is 8.62. The molecular formula is C38H34NO2P. The Labute approximate surface area is 247 Å². The molecule has 7 rings (SSSR count). The van der Waals surface area contributed by atoms with Crippen molar-refractivity contribution in [2.75, 3.05) is 12.8 Å². The molecule has 0 bridgehead atoms. The molecule has 6 aromatic rings. The molecule has 3 nitrogen and oxygen atoms in total. The van der Waals surface area contributed by atoms with Crippen LogP contribution < -0.4 is 20.7 Å². The molecule has 0 aliphatic carbocycles. The van der Waals surface area contributed by atoms with Gasteiger partial charge in [-0.25, -0.2) is 0 Å². The van der Waals surface area contributed by atoms with Gasteiger partial charge in [0.15, 0.2) is 7.14 Å². The van der Waals surface area contributed by atoms with Gasteiger partial charge in [-0.15, -0.1) is 0 Å². The van der Waals surface area contributed by atoms with Gasteiger partial charge < -0.3 is 14.6 Å². The maximum absolute atomic E-state index is 14.8. The van der Waals surface area contributed by atoms with Crippen LogP contribution in [0.4, 0.5) is 0 Å². The van der Waals surface area contributed by atoms with Gasteiger partial charge in [-0.2, -0.15) is 0 Å². The average Bonchev–Trinajstić information content (AvgIpc) is 3.02. The highest BCUT2D eigenvalue weighted by atomic mass is 31.2. The Morgan fingerprint density at radius 3 is 1.60 bits per heavy atom. The van der Waals surface area contributed by atoms with Crippen LogP contribution in [-0.4, -0.2) is 12.8 Å². The lowest BCUT2D eigenvalue weighted by Gasteiger charge is -2.31. The first-order valence-corrected chi connectivity index (χ1v) is 16.6. The number of fused-ring (bicyclic) bond motifs is 6. The highest BCUT2D eigenvalue weighted by Gasteiger charge is 2.31. The van der Waals surface area contributed by atoms with Gasteiger partial charge in [0.05, 0.1) is 6.29 Å². The van der Waals surface area contributed by atoms with E-state index in [2.05, 4.69) is 116 Å². The molecule has 0 saturated heterocycles. The first kappa shape index (κ1) is 26.7. The molecular weight excluding hydrogens is 533 g/mol. The maximum Gasteiger partial charge on any atom is 0.156 e. The predicted molar refractivity (Wildman–Crippen MR) is 177 cm³/mol. The van der Waals surface area contributed by atoms with Crippen LogP contribution in [0.25, 0.3) is 21.5 Å². The number of benzene rings is 6. The number of ether oxygens (including phenoxy) is 1. The summed E-state index contributed by atoms with van der Waals surface area (Å²) in [4.78, 5) is 0. The fourth-order valence-electron chi connectivity index (χ4n) is 6.39. The van der Waals surface area contributed by atoms with Gasteiger partial charge in [0.2, 0.25) is 0 Å². The van der Waals surface area contributed by atoms with E-state index in [0.717, 1.165) is 35.1 Å². The Kier molecular flexibility index (Phi) is 6.94.